The summed E-state index contributed by atoms with van der Waals surface area (Å²) in [5, 5.41) is 11.0. The number of carbonyl (C=O) groups is 2. The molecule has 0 radical (unpaired) electrons. The van der Waals surface area contributed by atoms with Gasteiger partial charge >= 0.3 is 0 Å². The number of carbonyl (C=O) groups excluding carboxylic acids is 2. The smallest absolute Gasteiger partial charge is 0.300 e. The fourth-order valence-corrected chi connectivity index (χ4v) is 4.11. The number of pyridine rings is 1. The second-order valence-corrected chi connectivity index (χ2v) is 8.60. The van der Waals surface area contributed by atoms with Gasteiger partial charge in [0.15, 0.2) is 0 Å². The number of amides is 1. The van der Waals surface area contributed by atoms with Crippen molar-refractivity contribution in [3.05, 3.63) is 94.0 Å². The maximum atomic E-state index is 13.8. The molecule has 0 aliphatic carbocycles. The molecule has 1 aromatic heterocycles. The Hall–Kier alpha value is -3.71. The van der Waals surface area contributed by atoms with E-state index in [0.29, 0.717) is 16.9 Å². The number of benzene rings is 2. The molecule has 174 valence electrons. The van der Waals surface area contributed by atoms with E-state index >= 15 is 0 Å². The predicted molar refractivity (Wildman–Crippen MR) is 127 cm³/mol. The molecule has 0 spiro atoms. The molecule has 1 saturated heterocycles. The molecule has 4 rings (SSSR count). The first-order valence-electron chi connectivity index (χ1n) is 10.6. The molecule has 1 atom stereocenters. The maximum Gasteiger partial charge on any atom is 0.300 e. The monoisotopic (exact) mass is 480 g/mol. The predicted octanol–water partition coefficient (Wildman–Crippen LogP) is 5.60. The van der Waals surface area contributed by atoms with E-state index in [4.69, 9.17) is 16.3 Å². The van der Waals surface area contributed by atoms with Gasteiger partial charge in [-0.25, -0.2) is 4.39 Å². The van der Waals surface area contributed by atoms with Crippen LogP contribution in [0, 0.1) is 12.7 Å². The number of Topliss-reactive ketones (excluding diaryl/α,β-unsaturated/α-hetero) is 1. The van der Waals surface area contributed by atoms with Crippen LogP contribution in [0.2, 0.25) is 5.02 Å². The van der Waals surface area contributed by atoms with E-state index in [0.717, 1.165) is 11.6 Å². The molecular weight excluding hydrogens is 459 g/mol. The third kappa shape index (κ3) is 4.26. The third-order valence-corrected chi connectivity index (χ3v) is 5.75. The Morgan fingerprint density at radius 1 is 1.12 bits per heavy atom. The van der Waals surface area contributed by atoms with Gasteiger partial charge in [0.2, 0.25) is 0 Å². The van der Waals surface area contributed by atoms with Gasteiger partial charge in [0.05, 0.1) is 22.7 Å². The lowest BCUT2D eigenvalue weighted by Gasteiger charge is -2.25. The van der Waals surface area contributed by atoms with E-state index < -0.39 is 23.5 Å². The van der Waals surface area contributed by atoms with Crippen molar-refractivity contribution in [1.82, 2.24) is 4.98 Å². The number of ether oxygens (including phenoxy) is 1. The summed E-state index contributed by atoms with van der Waals surface area (Å²) < 4.78 is 19.5. The van der Waals surface area contributed by atoms with Crippen molar-refractivity contribution in [1.29, 1.82) is 0 Å². The highest BCUT2D eigenvalue weighted by Gasteiger charge is 2.47. The Morgan fingerprint density at radius 3 is 2.44 bits per heavy atom. The Morgan fingerprint density at radius 2 is 1.82 bits per heavy atom. The molecule has 8 heteroatoms. The quantitative estimate of drug-likeness (QED) is 0.292. The van der Waals surface area contributed by atoms with Gasteiger partial charge in [0.1, 0.15) is 17.3 Å². The van der Waals surface area contributed by atoms with Gasteiger partial charge in [-0.3, -0.25) is 19.5 Å². The fraction of sp³-hybridized carbons (Fsp3) is 0.192. The lowest BCUT2D eigenvalue weighted by atomic mass is 9.95. The number of hydrogen-bond donors (Lipinski definition) is 1. The summed E-state index contributed by atoms with van der Waals surface area (Å²) in [6, 6.07) is 11.1. The summed E-state index contributed by atoms with van der Waals surface area (Å²) in [4.78, 5) is 31.5. The van der Waals surface area contributed by atoms with Crippen LogP contribution < -0.4 is 9.64 Å². The largest absolute Gasteiger partial charge is 0.507 e. The molecule has 34 heavy (non-hydrogen) atoms. The zero-order valence-corrected chi connectivity index (χ0v) is 19.5. The van der Waals surface area contributed by atoms with Crippen LogP contribution in [0.1, 0.15) is 36.6 Å². The van der Waals surface area contributed by atoms with Crippen molar-refractivity contribution < 1.29 is 23.8 Å². The molecule has 2 heterocycles. The van der Waals surface area contributed by atoms with Crippen LogP contribution in [-0.4, -0.2) is 27.9 Å². The number of ketones is 1. The number of aliphatic hydroxyl groups excluding tert-OH is 1. The molecule has 0 saturated carbocycles. The Balaban J connectivity index is 1.89. The number of rotatable bonds is 5. The van der Waals surface area contributed by atoms with E-state index in [2.05, 4.69) is 4.98 Å². The summed E-state index contributed by atoms with van der Waals surface area (Å²) in [7, 11) is 0. The number of nitrogens with zero attached hydrogens (tertiary/aromatic N) is 2. The molecule has 1 amide bonds. The van der Waals surface area contributed by atoms with Crippen LogP contribution in [-0.2, 0) is 9.59 Å². The van der Waals surface area contributed by atoms with E-state index in [1.54, 1.807) is 30.3 Å². The van der Waals surface area contributed by atoms with E-state index in [-0.39, 0.29) is 28.1 Å². The van der Waals surface area contributed by atoms with Crippen LogP contribution in [0.25, 0.3) is 5.76 Å². The topological polar surface area (TPSA) is 79.7 Å². The highest BCUT2D eigenvalue weighted by atomic mass is 35.5. The van der Waals surface area contributed by atoms with Crippen molar-refractivity contribution in [2.24, 2.45) is 0 Å². The SMILES string of the molecule is Cc1cc(/C(O)=C2\C(=O)C(=O)N(c3ccc(F)c(Cl)c3)C2c2ccncc2)ccc1OC(C)C. The van der Waals surface area contributed by atoms with Crippen molar-refractivity contribution >= 4 is 34.7 Å². The lowest BCUT2D eigenvalue weighted by molar-refractivity contribution is -0.132. The summed E-state index contributed by atoms with van der Waals surface area (Å²) >= 11 is 5.95. The van der Waals surface area contributed by atoms with Crippen LogP contribution in [0.15, 0.2) is 66.5 Å². The summed E-state index contributed by atoms with van der Waals surface area (Å²) in [6.07, 6.45) is 3.02. The van der Waals surface area contributed by atoms with E-state index in [1.165, 1.54) is 29.4 Å². The van der Waals surface area contributed by atoms with Crippen molar-refractivity contribution in [2.45, 2.75) is 32.9 Å². The minimum atomic E-state index is -0.962. The first-order chi connectivity index (χ1) is 16.2. The number of hydrogen-bond acceptors (Lipinski definition) is 5. The van der Waals surface area contributed by atoms with Gasteiger partial charge in [-0.15, -0.1) is 0 Å². The zero-order valence-electron chi connectivity index (χ0n) is 18.8. The van der Waals surface area contributed by atoms with E-state index in [1.807, 2.05) is 20.8 Å². The molecule has 1 fully saturated rings. The van der Waals surface area contributed by atoms with Gasteiger partial charge in [-0.05, 0) is 80.4 Å². The molecule has 2 aromatic carbocycles. The normalized spacial score (nSPS) is 17.5. The average Bonchev–Trinajstić information content (AvgIpc) is 3.07. The maximum absolute atomic E-state index is 13.8. The molecule has 1 aliphatic rings. The van der Waals surface area contributed by atoms with Crippen LogP contribution in [0.3, 0.4) is 0 Å². The first kappa shape index (κ1) is 23.4. The van der Waals surface area contributed by atoms with Gasteiger partial charge in [0.25, 0.3) is 11.7 Å². The van der Waals surface area contributed by atoms with Crippen LogP contribution in [0.5, 0.6) is 5.75 Å². The Kier molecular flexibility index (Phi) is 6.39. The second kappa shape index (κ2) is 9.27. The number of anilines is 1. The highest BCUT2D eigenvalue weighted by Crippen LogP contribution is 2.43. The van der Waals surface area contributed by atoms with Crippen LogP contribution >= 0.6 is 11.6 Å². The minimum Gasteiger partial charge on any atom is -0.507 e. The Labute approximate surface area is 201 Å². The second-order valence-electron chi connectivity index (χ2n) is 8.19. The summed E-state index contributed by atoms with van der Waals surface area (Å²) in [5.41, 5.74) is 1.81. The highest BCUT2D eigenvalue weighted by molar-refractivity contribution is 6.51. The van der Waals surface area contributed by atoms with E-state index in [9.17, 15) is 19.1 Å². The standard InChI is InChI=1S/C26H22ClFN2O4/c1-14(2)34-21-7-4-17(12-15(21)3)24(31)22-23(16-8-10-29-11-9-16)30(26(33)25(22)32)18-5-6-20(28)19(27)13-18/h4-14,23,31H,1-3H3/b24-22+. The zero-order chi connectivity index (χ0) is 24.6. The number of aryl methyl sites for hydroxylation is 1. The van der Waals surface area contributed by atoms with Crippen molar-refractivity contribution in [2.75, 3.05) is 4.90 Å². The number of aromatic nitrogens is 1. The fourth-order valence-electron chi connectivity index (χ4n) is 3.93. The average molecular weight is 481 g/mol. The van der Waals surface area contributed by atoms with Crippen molar-refractivity contribution in [3.63, 3.8) is 0 Å². The minimum absolute atomic E-state index is 0.0299. The van der Waals surface area contributed by atoms with Gasteiger partial charge in [0, 0.05) is 23.6 Å². The summed E-state index contributed by atoms with van der Waals surface area (Å²) in [6.45, 7) is 5.64. The molecule has 1 unspecified atom stereocenters. The molecule has 3 aromatic rings. The third-order valence-electron chi connectivity index (χ3n) is 5.46. The number of halogens is 2. The van der Waals surface area contributed by atoms with Gasteiger partial charge in [-0.1, -0.05) is 11.6 Å². The van der Waals surface area contributed by atoms with Crippen LogP contribution in [0.4, 0.5) is 10.1 Å². The molecular formula is C26H22ClFN2O4. The van der Waals surface area contributed by atoms with Gasteiger partial charge < -0.3 is 9.84 Å². The molecule has 0 bridgehead atoms. The lowest BCUT2D eigenvalue weighted by Crippen LogP contribution is -2.29. The molecule has 1 N–H and O–H groups in total. The van der Waals surface area contributed by atoms with Gasteiger partial charge in [-0.2, -0.15) is 0 Å². The summed E-state index contributed by atoms with van der Waals surface area (Å²) in [5.74, 6) is -2.04. The molecule has 6 nitrogen and oxygen atoms in total. The molecule has 1 aliphatic heterocycles. The number of aliphatic hydroxyl groups is 1. The Bertz CT molecular complexity index is 1310. The first-order valence-corrected chi connectivity index (χ1v) is 11.0. The van der Waals surface area contributed by atoms with Crippen molar-refractivity contribution in [3.8, 4) is 5.75 Å².